The average Bonchev–Trinajstić information content (AvgIpc) is 2.18. The minimum atomic E-state index is -0.424. The molecule has 15 heavy (non-hydrogen) atoms. The molecule has 0 aliphatic carbocycles. The van der Waals surface area contributed by atoms with Crippen molar-refractivity contribution in [3.8, 4) is 0 Å². The summed E-state index contributed by atoms with van der Waals surface area (Å²) in [5.41, 5.74) is 12.0. The first-order chi connectivity index (χ1) is 6.65. The van der Waals surface area contributed by atoms with E-state index in [9.17, 15) is 4.39 Å². The molecule has 1 aromatic rings. The molecule has 0 aliphatic heterocycles. The Hall–Kier alpha value is -0.350. The summed E-state index contributed by atoms with van der Waals surface area (Å²) in [5.74, 6) is -0.424. The fourth-order valence-electron chi connectivity index (χ4n) is 1.25. The van der Waals surface area contributed by atoms with Crippen LogP contribution in [0.2, 0.25) is 5.02 Å². The highest BCUT2D eigenvalue weighted by Crippen LogP contribution is 2.21. The molecular formula is C10H15Cl2FN2. The molecule has 0 radical (unpaired) electrons. The highest BCUT2D eigenvalue weighted by molar-refractivity contribution is 6.30. The van der Waals surface area contributed by atoms with Crippen LogP contribution in [-0.2, 0) is 0 Å². The van der Waals surface area contributed by atoms with Crippen molar-refractivity contribution in [1.82, 2.24) is 0 Å². The van der Waals surface area contributed by atoms with E-state index in [0.29, 0.717) is 6.54 Å². The molecule has 0 saturated carbocycles. The number of hydrogen-bond donors (Lipinski definition) is 2. The largest absolute Gasteiger partial charge is 0.330 e. The summed E-state index contributed by atoms with van der Waals surface area (Å²) >= 11 is 5.55. The highest BCUT2D eigenvalue weighted by atomic mass is 35.5. The van der Waals surface area contributed by atoms with E-state index in [1.807, 2.05) is 0 Å². The number of hydrogen-bond acceptors (Lipinski definition) is 2. The van der Waals surface area contributed by atoms with Gasteiger partial charge in [0.25, 0.3) is 0 Å². The Labute approximate surface area is 100 Å². The van der Waals surface area contributed by atoms with E-state index in [1.54, 1.807) is 6.07 Å². The Bertz CT molecular complexity index is 307. The quantitative estimate of drug-likeness (QED) is 0.866. The average molecular weight is 253 g/mol. The third kappa shape index (κ3) is 4.34. The van der Waals surface area contributed by atoms with Crippen LogP contribution in [0.25, 0.3) is 0 Å². The number of halogens is 3. The third-order valence-corrected chi connectivity index (χ3v) is 2.40. The van der Waals surface area contributed by atoms with E-state index < -0.39 is 5.82 Å². The zero-order valence-corrected chi connectivity index (χ0v) is 9.82. The van der Waals surface area contributed by atoms with Crippen LogP contribution in [-0.4, -0.2) is 6.54 Å². The van der Waals surface area contributed by atoms with Gasteiger partial charge < -0.3 is 11.5 Å². The van der Waals surface area contributed by atoms with Crippen molar-refractivity contribution in [3.63, 3.8) is 0 Å². The molecule has 0 heterocycles. The Morgan fingerprint density at radius 1 is 1.40 bits per heavy atom. The van der Waals surface area contributed by atoms with Gasteiger partial charge in [0.2, 0.25) is 0 Å². The molecule has 5 heteroatoms. The summed E-state index contributed by atoms with van der Waals surface area (Å²) in [4.78, 5) is 0. The smallest absolute Gasteiger partial charge is 0.142 e. The molecule has 0 aliphatic rings. The maximum absolute atomic E-state index is 13.0. The summed E-state index contributed by atoms with van der Waals surface area (Å²) < 4.78 is 13.0. The van der Waals surface area contributed by atoms with Gasteiger partial charge in [-0.2, -0.15) is 0 Å². The van der Waals surface area contributed by atoms with Crippen LogP contribution < -0.4 is 11.5 Å². The molecule has 2 nitrogen and oxygen atoms in total. The molecule has 0 spiro atoms. The van der Waals surface area contributed by atoms with Crippen molar-refractivity contribution in [3.05, 3.63) is 34.6 Å². The minimum absolute atomic E-state index is 0. The van der Waals surface area contributed by atoms with Crippen molar-refractivity contribution < 1.29 is 4.39 Å². The molecule has 1 aromatic carbocycles. The lowest BCUT2D eigenvalue weighted by atomic mass is 10.0. The Kier molecular flexibility index (Phi) is 6.85. The lowest BCUT2D eigenvalue weighted by Gasteiger charge is -2.11. The van der Waals surface area contributed by atoms with Crippen LogP contribution in [0, 0.1) is 5.82 Å². The molecule has 1 rings (SSSR count). The zero-order chi connectivity index (χ0) is 10.6. The van der Waals surface area contributed by atoms with Gasteiger partial charge in [-0.1, -0.05) is 17.7 Å². The topological polar surface area (TPSA) is 52.0 Å². The van der Waals surface area contributed by atoms with Gasteiger partial charge in [-0.05, 0) is 37.1 Å². The second-order valence-electron chi connectivity index (χ2n) is 3.21. The number of nitrogens with two attached hydrogens (primary N) is 2. The van der Waals surface area contributed by atoms with Crippen LogP contribution >= 0.6 is 24.0 Å². The van der Waals surface area contributed by atoms with Gasteiger partial charge in [0, 0.05) is 6.04 Å². The molecule has 0 amide bonds. The van der Waals surface area contributed by atoms with E-state index in [1.165, 1.54) is 12.1 Å². The van der Waals surface area contributed by atoms with Crippen LogP contribution in [0.3, 0.4) is 0 Å². The molecule has 4 N–H and O–H groups in total. The standard InChI is InChI=1S/C10H14ClFN2.ClH/c11-8-4-3-7(6-9(8)12)10(14)2-1-5-13;/h3-4,6,10H,1-2,5,13-14H2;1H/t10-;/m0./s1. The lowest BCUT2D eigenvalue weighted by molar-refractivity contribution is 0.597. The van der Waals surface area contributed by atoms with Crippen molar-refractivity contribution in [2.75, 3.05) is 6.54 Å². The SMILES string of the molecule is Cl.NCCC[C@H](N)c1ccc(Cl)c(F)c1. The maximum Gasteiger partial charge on any atom is 0.142 e. The number of rotatable bonds is 4. The van der Waals surface area contributed by atoms with Gasteiger partial charge in [0.15, 0.2) is 0 Å². The second-order valence-corrected chi connectivity index (χ2v) is 3.62. The van der Waals surface area contributed by atoms with Gasteiger partial charge in [-0.15, -0.1) is 12.4 Å². The molecule has 0 bridgehead atoms. The zero-order valence-electron chi connectivity index (χ0n) is 8.25. The summed E-state index contributed by atoms with van der Waals surface area (Å²) in [6.45, 7) is 0.601. The summed E-state index contributed by atoms with van der Waals surface area (Å²) in [7, 11) is 0. The molecule has 0 unspecified atom stereocenters. The summed E-state index contributed by atoms with van der Waals surface area (Å²) in [5, 5.41) is 0.125. The Morgan fingerprint density at radius 2 is 2.07 bits per heavy atom. The number of benzene rings is 1. The molecule has 0 aromatic heterocycles. The van der Waals surface area contributed by atoms with Crippen molar-refractivity contribution in [2.45, 2.75) is 18.9 Å². The lowest BCUT2D eigenvalue weighted by Crippen LogP contribution is -2.12. The van der Waals surface area contributed by atoms with E-state index >= 15 is 0 Å². The molecular weight excluding hydrogens is 238 g/mol. The first kappa shape index (κ1) is 14.6. The third-order valence-electron chi connectivity index (χ3n) is 2.09. The molecule has 0 saturated heterocycles. The molecule has 0 fully saturated rings. The van der Waals surface area contributed by atoms with Gasteiger partial charge in [0.1, 0.15) is 5.82 Å². The Balaban J connectivity index is 0.00000196. The van der Waals surface area contributed by atoms with Crippen LogP contribution in [0.4, 0.5) is 4.39 Å². The van der Waals surface area contributed by atoms with Gasteiger partial charge in [-0.3, -0.25) is 0 Å². The van der Waals surface area contributed by atoms with Gasteiger partial charge >= 0.3 is 0 Å². The predicted molar refractivity (Wildman–Crippen MR) is 63.9 cm³/mol. The van der Waals surface area contributed by atoms with E-state index in [-0.39, 0.29) is 23.5 Å². The fourth-order valence-corrected chi connectivity index (χ4v) is 1.36. The maximum atomic E-state index is 13.0. The second kappa shape index (κ2) is 7.01. The molecule has 1 atom stereocenters. The van der Waals surface area contributed by atoms with Crippen LogP contribution in [0.5, 0.6) is 0 Å². The van der Waals surface area contributed by atoms with E-state index in [2.05, 4.69) is 0 Å². The Morgan fingerprint density at radius 3 is 2.60 bits per heavy atom. The minimum Gasteiger partial charge on any atom is -0.330 e. The monoisotopic (exact) mass is 252 g/mol. The fraction of sp³-hybridized carbons (Fsp3) is 0.400. The normalized spacial score (nSPS) is 12.0. The predicted octanol–water partition coefficient (Wildman–Crippen LogP) is 2.64. The van der Waals surface area contributed by atoms with Crippen molar-refractivity contribution >= 4 is 24.0 Å². The van der Waals surface area contributed by atoms with Gasteiger partial charge in [0.05, 0.1) is 5.02 Å². The van der Waals surface area contributed by atoms with Crippen molar-refractivity contribution in [1.29, 1.82) is 0 Å². The summed E-state index contributed by atoms with van der Waals surface area (Å²) in [6, 6.07) is 4.48. The molecule has 86 valence electrons. The van der Waals surface area contributed by atoms with E-state index in [0.717, 1.165) is 18.4 Å². The van der Waals surface area contributed by atoms with E-state index in [4.69, 9.17) is 23.1 Å². The van der Waals surface area contributed by atoms with Crippen LogP contribution in [0.15, 0.2) is 18.2 Å². The summed E-state index contributed by atoms with van der Waals surface area (Å²) in [6.07, 6.45) is 1.60. The van der Waals surface area contributed by atoms with Gasteiger partial charge in [-0.25, -0.2) is 4.39 Å². The van der Waals surface area contributed by atoms with Crippen LogP contribution in [0.1, 0.15) is 24.4 Å². The van der Waals surface area contributed by atoms with Crippen molar-refractivity contribution in [2.24, 2.45) is 11.5 Å². The first-order valence-electron chi connectivity index (χ1n) is 4.55. The first-order valence-corrected chi connectivity index (χ1v) is 4.93. The highest BCUT2D eigenvalue weighted by Gasteiger charge is 2.07.